The summed E-state index contributed by atoms with van der Waals surface area (Å²) in [5, 5.41) is 11.8. The Labute approximate surface area is 165 Å². The molecule has 1 rings (SSSR count). The van der Waals surface area contributed by atoms with Crippen molar-refractivity contribution in [3.63, 3.8) is 0 Å². The monoisotopic (exact) mass is 389 g/mol. The Balaban J connectivity index is 3.12. The van der Waals surface area contributed by atoms with Gasteiger partial charge in [-0.2, -0.15) is 0 Å². The zero-order valence-electron chi connectivity index (χ0n) is 17.4. The maximum atomic E-state index is 12.1. The van der Waals surface area contributed by atoms with Crippen LogP contribution in [0.5, 0.6) is 0 Å². The molecule has 0 heterocycles. The highest BCUT2D eigenvalue weighted by Gasteiger charge is 2.18. The van der Waals surface area contributed by atoms with Crippen molar-refractivity contribution in [2.24, 2.45) is 15.5 Å². The number of oxime groups is 3. The zero-order valence-corrected chi connectivity index (χ0v) is 17.4. The molecular formula is C20H27N3O5. The van der Waals surface area contributed by atoms with Gasteiger partial charge in [-0.1, -0.05) is 39.7 Å². The Morgan fingerprint density at radius 2 is 1.68 bits per heavy atom. The number of esters is 1. The summed E-state index contributed by atoms with van der Waals surface area (Å²) < 4.78 is 4.89. The molecular weight excluding hydrogens is 362 g/mol. The number of nitrogens with zero attached hydrogens (tertiary/aromatic N) is 3. The maximum Gasteiger partial charge on any atom is 0.338 e. The molecule has 0 spiro atoms. The van der Waals surface area contributed by atoms with Gasteiger partial charge in [0, 0.05) is 5.56 Å². The fourth-order valence-corrected chi connectivity index (χ4v) is 2.62. The molecule has 0 aliphatic heterocycles. The van der Waals surface area contributed by atoms with Crippen LogP contribution < -0.4 is 0 Å². The van der Waals surface area contributed by atoms with E-state index in [-0.39, 0.29) is 6.61 Å². The second-order valence-electron chi connectivity index (χ2n) is 5.73. The molecule has 8 nitrogen and oxygen atoms in total. The summed E-state index contributed by atoms with van der Waals surface area (Å²) in [6.07, 6.45) is 1.72. The number of methoxy groups -OCH3 is 1. The lowest BCUT2D eigenvalue weighted by molar-refractivity contribution is -0.133. The summed E-state index contributed by atoms with van der Waals surface area (Å²) in [4.78, 5) is 27.2. The van der Waals surface area contributed by atoms with Gasteiger partial charge in [0.1, 0.15) is 32.2 Å². The lowest BCUT2D eigenvalue weighted by atomic mass is 9.95. The molecule has 0 unspecified atom stereocenters. The number of allylic oxidation sites excluding steroid dienone is 1. The summed E-state index contributed by atoms with van der Waals surface area (Å²) in [6.45, 7) is 7.30. The number of hydrogen-bond donors (Lipinski definition) is 0. The Bertz CT molecular complexity index is 810. The molecule has 0 N–H and O–H groups in total. The second kappa shape index (κ2) is 11.5. The van der Waals surface area contributed by atoms with Crippen molar-refractivity contribution in [2.75, 3.05) is 21.3 Å². The van der Waals surface area contributed by atoms with E-state index in [2.05, 4.69) is 15.5 Å². The number of rotatable bonds is 9. The number of aryl methyl sites for hydroxylation is 1. The second-order valence-corrected chi connectivity index (χ2v) is 5.73. The van der Waals surface area contributed by atoms with E-state index in [1.54, 1.807) is 26.8 Å². The van der Waals surface area contributed by atoms with E-state index in [1.165, 1.54) is 21.3 Å². The summed E-state index contributed by atoms with van der Waals surface area (Å²) >= 11 is 0. The van der Waals surface area contributed by atoms with Gasteiger partial charge in [0.05, 0.1) is 12.7 Å². The van der Waals surface area contributed by atoms with Crippen LogP contribution in [0, 0.1) is 6.92 Å². The normalized spacial score (nSPS) is 13.2. The van der Waals surface area contributed by atoms with Gasteiger partial charge in [0.25, 0.3) is 0 Å². The summed E-state index contributed by atoms with van der Waals surface area (Å²) in [7, 11) is 4.23. The molecule has 0 radical (unpaired) electrons. The van der Waals surface area contributed by atoms with Crippen molar-refractivity contribution in [2.45, 2.75) is 34.3 Å². The quantitative estimate of drug-likeness (QED) is 0.279. The minimum absolute atomic E-state index is 0.156. The molecule has 0 aliphatic rings. The fraction of sp³-hybridized carbons (Fsp3) is 0.400. The van der Waals surface area contributed by atoms with Crippen LogP contribution in [0.1, 0.15) is 37.5 Å². The van der Waals surface area contributed by atoms with E-state index < -0.39 is 5.97 Å². The van der Waals surface area contributed by atoms with E-state index in [9.17, 15) is 4.79 Å². The number of carbonyl (C=O) groups excluding carboxylic acids is 1. The highest BCUT2D eigenvalue weighted by molar-refractivity contribution is 6.67. The predicted molar refractivity (Wildman–Crippen MR) is 109 cm³/mol. The molecule has 28 heavy (non-hydrogen) atoms. The largest absolute Gasteiger partial charge is 0.465 e. The third-order valence-corrected chi connectivity index (χ3v) is 3.84. The van der Waals surface area contributed by atoms with E-state index in [1.807, 2.05) is 25.1 Å². The van der Waals surface area contributed by atoms with Gasteiger partial charge in [-0.15, -0.1) is 0 Å². The van der Waals surface area contributed by atoms with Gasteiger partial charge in [-0.3, -0.25) is 0 Å². The summed E-state index contributed by atoms with van der Waals surface area (Å²) in [5.41, 5.74) is 4.35. The average molecular weight is 389 g/mol. The minimum Gasteiger partial charge on any atom is -0.465 e. The number of ether oxygens (including phenoxy) is 1. The van der Waals surface area contributed by atoms with Gasteiger partial charge in [0.15, 0.2) is 5.71 Å². The Hall–Kier alpha value is -3.16. The molecule has 0 bridgehead atoms. The van der Waals surface area contributed by atoms with Gasteiger partial charge < -0.3 is 19.2 Å². The lowest BCUT2D eigenvalue weighted by Crippen LogP contribution is -2.20. The van der Waals surface area contributed by atoms with Crippen LogP contribution in [0.4, 0.5) is 0 Å². The Morgan fingerprint density at radius 3 is 2.25 bits per heavy atom. The van der Waals surface area contributed by atoms with E-state index in [0.717, 1.165) is 16.7 Å². The molecule has 0 saturated heterocycles. The highest BCUT2D eigenvalue weighted by Crippen LogP contribution is 2.25. The van der Waals surface area contributed by atoms with Crippen molar-refractivity contribution in [3.05, 3.63) is 41.0 Å². The number of hydrogen-bond acceptors (Lipinski definition) is 8. The SMILES string of the molecule is C/C=C(/C(=O)OC)c1c(C)cccc1CO\N=C(C)/C(=N\OC)C(/C)=N\OC. The molecule has 0 saturated carbocycles. The first-order chi connectivity index (χ1) is 13.4. The van der Waals surface area contributed by atoms with E-state index in [0.29, 0.717) is 22.7 Å². The van der Waals surface area contributed by atoms with Crippen LogP contribution in [0.25, 0.3) is 5.57 Å². The summed E-state index contributed by atoms with van der Waals surface area (Å²) in [5.74, 6) is -0.404. The first kappa shape index (κ1) is 22.9. The zero-order chi connectivity index (χ0) is 21.1. The fourth-order valence-electron chi connectivity index (χ4n) is 2.62. The van der Waals surface area contributed by atoms with Crippen LogP contribution >= 0.6 is 0 Å². The molecule has 0 aliphatic carbocycles. The number of benzene rings is 1. The highest BCUT2D eigenvalue weighted by atomic mass is 16.6. The van der Waals surface area contributed by atoms with Gasteiger partial charge in [0.2, 0.25) is 0 Å². The maximum absolute atomic E-state index is 12.1. The molecule has 152 valence electrons. The van der Waals surface area contributed by atoms with Gasteiger partial charge in [-0.05, 0) is 38.8 Å². The van der Waals surface area contributed by atoms with Crippen LogP contribution in [0.3, 0.4) is 0 Å². The Kier molecular flexibility index (Phi) is 9.42. The standard InChI is InChI=1S/C20H27N3O5/c1-8-17(20(24)25-5)18-13(2)10-9-11-16(18)12-28-22-15(4)19(23-27-7)14(3)21-26-6/h8-11H,12H2,1-7H3/b17-8+,21-14-,22-15-,23-19-. The van der Waals surface area contributed by atoms with Crippen LogP contribution in [-0.2, 0) is 30.7 Å². The molecule has 0 amide bonds. The van der Waals surface area contributed by atoms with Crippen LogP contribution in [0.15, 0.2) is 39.7 Å². The van der Waals surface area contributed by atoms with Crippen molar-refractivity contribution in [3.8, 4) is 0 Å². The Morgan fingerprint density at radius 1 is 1.04 bits per heavy atom. The average Bonchev–Trinajstić information content (AvgIpc) is 2.68. The molecule has 0 aromatic heterocycles. The third kappa shape index (κ3) is 5.94. The van der Waals surface area contributed by atoms with Crippen molar-refractivity contribution < 1.29 is 24.0 Å². The molecule has 1 aromatic carbocycles. The van der Waals surface area contributed by atoms with Crippen LogP contribution in [-0.4, -0.2) is 44.4 Å². The van der Waals surface area contributed by atoms with Crippen LogP contribution in [0.2, 0.25) is 0 Å². The minimum atomic E-state index is -0.404. The first-order valence-electron chi connectivity index (χ1n) is 8.60. The van der Waals surface area contributed by atoms with Crippen molar-refractivity contribution in [1.29, 1.82) is 0 Å². The smallest absolute Gasteiger partial charge is 0.338 e. The van der Waals surface area contributed by atoms with E-state index in [4.69, 9.17) is 19.2 Å². The molecule has 8 heteroatoms. The first-order valence-corrected chi connectivity index (χ1v) is 8.60. The van der Waals surface area contributed by atoms with Crippen molar-refractivity contribution in [1.82, 2.24) is 0 Å². The topological polar surface area (TPSA) is 91.1 Å². The van der Waals surface area contributed by atoms with Crippen molar-refractivity contribution >= 4 is 28.7 Å². The molecule has 0 atom stereocenters. The lowest BCUT2D eigenvalue weighted by Gasteiger charge is -2.14. The van der Waals surface area contributed by atoms with E-state index >= 15 is 0 Å². The summed E-state index contributed by atoms with van der Waals surface area (Å²) in [6, 6.07) is 5.70. The van der Waals surface area contributed by atoms with Gasteiger partial charge >= 0.3 is 5.97 Å². The third-order valence-electron chi connectivity index (χ3n) is 3.84. The predicted octanol–water partition coefficient (Wildman–Crippen LogP) is 3.49. The van der Waals surface area contributed by atoms with Gasteiger partial charge in [-0.25, -0.2) is 4.79 Å². The molecule has 0 fully saturated rings. The molecule has 1 aromatic rings. The number of carbonyl (C=O) groups is 1.